The number of hydrogen-bond donors (Lipinski definition) is 0. The Bertz CT molecular complexity index is 989. The first-order valence-electron chi connectivity index (χ1n) is 9.18. The molecule has 1 aliphatic rings. The monoisotopic (exact) mass is 365 g/mol. The van der Waals surface area contributed by atoms with Gasteiger partial charge in [-0.05, 0) is 38.0 Å². The van der Waals surface area contributed by atoms with E-state index in [1.165, 1.54) is 0 Å². The van der Waals surface area contributed by atoms with Crippen LogP contribution in [0.25, 0.3) is 11.0 Å². The predicted octanol–water partition coefficient (Wildman–Crippen LogP) is 2.43. The van der Waals surface area contributed by atoms with E-state index in [-0.39, 0.29) is 12.3 Å². The van der Waals surface area contributed by atoms with E-state index in [9.17, 15) is 4.79 Å². The number of benzene rings is 1. The van der Waals surface area contributed by atoms with Crippen molar-refractivity contribution >= 4 is 22.7 Å². The van der Waals surface area contributed by atoms with Crippen LogP contribution in [0.5, 0.6) is 0 Å². The summed E-state index contributed by atoms with van der Waals surface area (Å²) in [6.07, 6.45) is 1.85. The molecule has 27 heavy (non-hydrogen) atoms. The number of carbonyl (C=O) groups excluding carboxylic acids is 1. The zero-order chi connectivity index (χ0) is 19.0. The van der Waals surface area contributed by atoms with Crippen LogP contribution in [0.1, 0.15) is 22.5 Å². The maximum Gasteiger partial charge on any atom is 0.228 e. The summed E-state index contributed by atoms with van der Waals surface area (Å²) in [6, 6.07) is 6.08. The number of rotatable bonds is 3. The van der Waals surface area contributed by atoms with Gasteiger partial charge in [0.25, 0.3) is 0 Å². The van der Waals surface area contributed by atoms with Crippen LogP contribution in [0.3, 0.4) is 0 Å². The van der Waals surface area contributed by atoms with Crippen LogP contribution in [0.4, 0.5) is 5.82 Å². The number of anilines is 1. The summed E-state index contributed by atoms with van der Waals surface area (Å²) >= 11 is 0. The fourth-order valence-electron chi connectivity index (χ4n) is 3.62. The Morgan fingerprint density at radius 1 is 1.07 bits per heavy atom. The Kier molecular flexibility index (Phi) is 4.51. The van der Waals surface area contributed by atoms with Crippen molar-refractivity contribution in [3.63, 3.8) is 0 Å². The quantitative estimate of drug-likeness (QED) is 0.710. The maximum absolute atomic E-state index is 12.8. The van der Waals surface area contributed by atoms with Gasteiger partial charge in [-0.25, -0.2) is 9.97 Å². The second-order valence-electron chi connectivity index (χ2n) is 7.15. The zero-order valence-corrected chi connectivity index (χ0v) is 15.9. The lowest BCUT2D eigenvalue weighted by Gasteiger charge is -2.35. The van der Waals surface area contributed by atoms with Crippen molar-refractivity contribution in [2.45, 2.75) is 27.2 Å². The van der Waals surface area contributed by atoms with Crippen LogP contribution in [0.2, 0.25) is 0 Å². The van der Waals surface area contributed by atoms with Crippen LogP contribution in [0.15, 0.2) is 29.0 Å². The Hall–Kier alpha value is -2.96. The summed E-state index contributed by atoms with van der Waals surface area (Å²) < 4.78 is 5.47. The van der Waals surface area contributed by atoms with Gasteiger partial charge in [0.2, 0.25) is 5.91 Å². The molecular weight excluding hydrogens is 342 g/mol. The van der Waals surface area contributed by atoms with Crippen molar-refractivity contribution < 1.29 is 9.32 Å². The third-order valence-electron chi connectivity index (χ3n) is 5.04. The average Bonchev–Trinajstić information content (AvgIpc) is 3.05. The molecular formula is C20H23N5O2. The summed E-state index contributed by atoms with van der Waals surface area (Å²) in [4.78, 5) is 25.3. The first-order valence-corrected chi connectivity index (χ1v) is 9.18. The van der Waals surface area contributed by atoms with Crippen molar-refractivity contribution in [1.82, 2.24) is 20.0 Å². The number of aryl methyl sites for hydroxylation is 3. The van der Waals surface area contributed by atoms with Crippen LogP contribution in [-0.4, -0.2) is 52.1 Å². The Morgan fingerprint density at radius 2 is 1.85 bits per heavy atom. The van der Waals surface area contributed by atoms with E-state index < -0.39 is 0 Å². The average molecular weight is 365 g/mol. The summed E-state index contributed by atoms with van der Waals surface area (Å²) in [5, 5.41) is 5.10. The van der Waals surface area contributed by atoms with Gasteiger partial charge in [-0.2, -0.15) is 0 Å². The molecule has 1 saturated heterocycles. The fourth-order valence-corrected chi connectivity index (χ4v) is 3.62. The molecule has 1 aliphatic heterocycles. The summed E-state index contributed by atoms with van der Waals surface area (Å²) in [6.45, 7) is 8.88. The highest BCUT2D eigenvalue weighted by atomic mass is 16.5. The van der Waals surface area contributed by atoms with Gasteiger partial charge in [0, 0.05) is 43.3 Å². The van der Waals surface area contributed by atoms with Crippen molar-refractivity contribution in [1.29, 1.82) is 0 Å². The number of amides is 1. The minimum atomic E-state index is 0.0860. The van der Waals surface area contributed by atoms with Gasteiger partial charge in [0.1, 0.15) is 17.8 Å². The number of piperazine rings is 1. The molecule has 0 N–H and O–H groups in total. The molecule has 7 nitrogen and oxygen atoms in total. The van der Waals surface area contributed by atoms with Gasteiger partial charge in [-0.3, -0.25) is 4.79 Å². The molecule has 4 rings (SSSR count). The van der Waals surface area contributed by atoms with E-state index in [1.54, 1.807) is 6.33 Å². The second-order valence-corrected chi connectivity index (χ2v) is 7.15. The summed E-state index contributed by atoms with van der Waals surface area (Å²) in [7, 11) is 0. The van der Waals surface area contributed by atoms with Crippen molar-refractivity contribution in [3.05, 3.63) is 47.0 Å². The first-order chi connectivity index (χ1) is 13.0. The fraction of sp³-hybridized carbons (Fsp3) is 0.400. The molecule has 0 saturated carbocycles. The summed E-state index contributed by atoms with van der Waals surface area (Å²) in [5.41, 5.74) is 4.63. The molecule has 2 aromatic heterocycles. The maximum atomic E-state index is 12.8. The van der Waals surface area contributed by atoms with Crippen molar-refractivity contribution in [2.24, 2.45) is 0 Å². The highest BCUT2D eigenvalue weighted by Crippen LogP contribution is 2.24. The lowest BCUT2D eigenvalue weighted by atomic mass is 10.1. The lowest BCUT2D eigenvalue weighted by molar-refractivity contribution is -0.130. The number of hydrogen-bond acceptors (Lipinski definition) is 6. The Balaban J connectivity index is 1.43. The Labute approximate surface area is 158 Å². The van der Waals surface area contributed by atoms with Crippen LogP contribution in [-0.2, 0) is 11.2 Å². The third kappa shape index (κ3) is 3.49. The first kappa shape index (κ1) is 17.5. The van der Waals surface area contributed by atoms with E-state index in [0.717, 1.165) is 52.4 Å². The van der Waals surface area contributed by atoms with E-state index in [0.29, 0.717) is 13.1 Å². The van der Waals surface area contributed by atoms with E-state index in [1.807, 2.05) is 37.8 Å². The van der Waals surface area contributed by atoms with Gasteiger partial charge < -0.3 is 14.3 Å². The third-order valence-corrected chi connectivity index (χ3v) is 5.04. The zero-order valence-electron chi connectivity index (χ0n) is 15.9. The van der Waals surface area contributed by atoms with Crippen LogP contribution < -0.4 is 4.90 Å². The molecule has 1 fully saturated rings. The normalized spacial score (nSPS) is 14.8. The molecule has 0 unspecified atom stereocenters. The molecule has 0 spiro atoms. The Morgan fingerprint density at radius 3 is 2.59 bits per heavy atom. The molecule has 0 aliphatic carbocycles. The second kappa shape index (κ2) is 6.98. The minimum Gasteiger partial charge on any atom is -0.356 e. The minimum absolute atomic E-state index is 0.0860. The molecule has 3 heterocycles. The van der Waals surface area contributed by atoms with Gasteiger partial charge in [-0.1, -0.05) is 11.2 Å². The smallest absolute Gasteiger partial charge is 0.228 e. The largest absolute Gasteiger partial charge is 0.356 e. The highest BCUT2D eigenvalue weighted by molar-refractivity contribution is 5.88. The van der Waals surface area contributed by atoms with Gasteiger partial charge in [0.15, 0.2) is 5.58 Å². The topological polar surface area (TPSA) is 75.4 Å². The molecule has 140 valence electrons. The molecule has 3 aromatic rings. The molecule has 0 atom stereocenters. The van der Waals surface area contributed by atoms with Crippen LogP contribution >= 0.6 is 0 Å². The highest BCUT2D eigenvalue weighted by Gasteiger charge is 2.24. The van der Waals surface area contributed by atoms with Gasteiger partial charge in [0.05, 0.1) is 6.42 Å². The number of carbonyl (C=O) groups is 1. The molecule has 7 heteroatoms. The van der Waals surface area contributed by atoms with E-state index >= 15 is 0 Å². The predicted molar refractivity (Wildman–Crippen MR) is 103 cm³/mol. The number of aromatic nitrogens is 3. The van der Waals surface area contributed by atoms with Crippen LogP contribution in [0, 0.1) is 20.8 Å². The lowest BCUT2D eigenvalue weighted by Crippen LogP contribution is -2.49. The summed E-state index contributed by atoms with van der Waals surface area (Å²) in [5.74, 6) is 1.01. The molecule has 1 aromatic carbocycles. The van der Waals surface area contributed by atoms with E-state index in [4.69, 9.17) is 4.52 Å². The van der Waals surface area contributed by atoms with Gasteiger partial charge in [-0.15, -0.1) is 0 Å². The van der Waals surface area contributed by atoms with Crippen molar-refractivity contribution in [2.75, 3.05) is 31.1 Å². The number of nitrogens with zero attached hydrogens (tertiary/aromatic N) is 5. The molecule has 0 bridgehead atoms. The standard InChI is InChI=1S/C20H23N5O2/c1-13-8-14(2)20-16(9-13)17(23-27-20)11-19(26)25-6-4-24(5-7-25)18-10-15(3)21-12-22-18/h8-10,12H,4-7,11H2,1-3H3. The number of fused-ring (bicyclic) bond motifs is 1. The molecule has 1 amide bonds. The molecule has 0 radical (unpaired) electrons. The SMILES string of the molecule is Cc1cc(C)c2onc(CC(=O)N3CCN(c4cc(C)ncn4)CC3)c2c1. The van der Waals surface area contributed by atoms with E-state index in [2.05, 4.69) is 26.1 Å². The van der Waals surface area contributed by atoms with Gasteiger partial charge >= 0.3 is 0 Å². The van der Waals surface area contributed by atoms with Crippen molar-refractivity contribution in [3.8, 4) is 0 Å².